The maximum Gasteiger partial charge on any atom is 0.347 e. The number of aromatic carboxylic acids is 1. The number of ketones is 1. The van der Waals surface area contributed by atoms with Crippen LogP contribution in [0.2, 0.25) is 0 Å². The van der Waals surface area contributed by atoms with Gasteiger partial charge < -0.3 is 19.2 Å². The van der Waals surface area contributed by atoms with Gasteiger partial charge in [-0.3, -0.25) is 4.79 Å². The Labute approximate surface area is 167 Å². The SMILES string of the molecule is CCN(CC)c1ccc2cc(C(=O)/C=C/c3ccc(C(=O)[O-])cc3)c(=O)oc2c1. The lowest BCUT2D eigenvalue weighted by molar-refractivity contribution is -0.255. The number of carboxylic acid groups (broad SMARTS) is 1. The number of rotatable bonds is 7. The number of benzene rings is 2. The fraction of sp³-hybridized carbons (Fsp3) is 0.174. The molecule has 0 amide bonds. The number of allylic oxidation sites excluding steroid dienone is 1. The number of carbonyl (C=O) groups is 2. The number of fused-ring (bicyclic) bond motifs is 1. The second-order valence-corrected chi connectivity index (χ2v) is 6.45. The topological polar surface area (TPSA) is 90.6 Å². The number of carbonyl (C=O) groups excluding carboxylic acids is 2. The van der Waals surface area contributed by atoms with Crippen LogP contribution in [0.15, 0.2) is 63.8 Å². The van der Waals surface area contributed by atoms with Crippen molar-refractivity contribution in [1.82, 2.24) is 0 Å². The summed E-state index contributed by atoms with van der Waals surface area (Å²) in [5.41, 5.74) is 1.29. The van der Waals surface area contributed by atoms with Crippen LogP contribution >= 0.6 is 0 Å². The average molecular weight is 390 g/mol. The van der Waals surface area contributed by atoms with Gasteiger partial charge in [0.25, 0.3) is 0 Å². The molecular weight excluding hydrogens is 370 g/mol. The van der Waals surface area contributed by atoms with E-state index in [2.05, 4.69) is 4.90 Å². The summed E-state index contributed by atoms with van der Waals surface area (Å²) in [6.07, 6.45) is 2.77. The maximum atomic E-state index is 12.5. The van der Waals surface area contributed by atoms with Crippen LogP contribution in [-0.2, 0) is 0 Å². The van der Waals surface area contributed by atoms with E-state index in [1.807, 2.05) is 26.0 Å². The Morgan fingerprint density at radius 2 is 1.72 bits per heavy atom. The van der Waals surface area contributed by atoms with Crippen LogP contribution in [0.5, 0.6) is 0 Å². The van der Waals surface area contributed by atoms with E-state index in [1.54, 1.807) is 18.2 Å². The molecule has 0 spiro atoms. The van der Waals surface area contributed by atoms with Gasteiger partial charge >= 0.3 is 5.63 Å². The van der Waals surface area contributed by atoms with Gasteiger partial charge in [-0.25, -0.2) is 4.79 Å². The molecule has 0 saturated heterocycles. The van der Waals surface area contributed by atoms with Crippen molar-refractivity contribution in [3.05, 3.63) is 81.7 Å². The largest absolute Gasteiger partial charge is 0.545 e. The first kappa shape index (κ1) is 20.1. The highest BCUT2D eigenvalue weighted by molar-refractivity contribution is 6.07. The van der Waals surface area contributed by atoms with Gasteiger partial charge in [0.15, 0.2) is 5.78 Å². The number of anilines is 1. The molecule has 29 heavy (non-hydrogen) atoms. The van der Waals surface area contributed by atoms with Crippen LogP contribution in [0.4, 0.5) is 5.69 Å². The molecule has 0 N–H and O–H groups in total. The van der Waals surface area contributed by atoms with Gasteiger partial charge in [-0.05, 0) is 49.2 Å². The summed E-state index contributed by atoms with van der Waals surface area (Å²) in [6.45, 7) is 5.75. The molecule has 6 heteroatoms. The van der Waals surface area contributed by atoms with E-state index in [1.165, 1.54) is 30.4 Å². The van der Waals surface area contributed by atoms with Gasteiger partial charge in [-0.2, -0.15) is 0 Å². The Morgan fingerprint density at radius 3 is 2.34 bits per heavy atom. The monoisotopic (exact) mass is 390 g/mol. The third-order valence-electron chi connectivity index (χ3n) is 4.69. The summed E-state index contributed by atoms with van der Waals surface area (Å²) in [4.78, 5) is 37.7. The Balaban J connectivity index is 1.87. The summed E-state index contributed by atoms with van der Waals surface area (Å²) >= 11 is 0. The first-order valence-corrected chi connectivity index (χ1v) is 9.29. The number of hydrogen-bond donors (Lipinski definition) is 0. The van der Waals surface area contributed by atoms with E-state index in [0.29, 0.717) is 16.5 Å². The molecule has 0 unspecified atom stereocenters. The van der Waals surface area contributed by atoms with Gasteiger partial charge in [-0.15, -0.1) is 0 Å². The fourth-order valence-electron chi connectivity index (χ4n) is 3.05. The number of hydrogen-bond acceptors (Lipinski definition) is 6. The van der Waals surface area contributed by atoms with Crippen molar-refractivity contribution in [1.29, 1.82) is 0 Å². The first-order chi connectivity index (χ1) is 13.9. The Kier molecular flexibility index (Phi) is 5.93. The molecule has 0 aliphatic heterocycles. The maximum absolute atomic E-state index is 12.5. The van der Waals surface area contributed by atoms with E-state index in [0.717, 1.165) is 18.8 Å². The molecular formula is C23H20NO5-. The molecule has 0 saturated carbocycles. The zero-order valence-corrected chi connectivity index (χ0v) is 16.2. The third-order valence-corrected chi connectivity index (χ3v) is 4.69. The highest BCUT2D eigenvalue weighted by Gasteiger charge is 2.12. The molecule has 1 aromatic heterocycles. The third kappa shape index (κ3) is 4.43. The molecule has 3 rings (SSSR count). The lowest BCUT2D eigenvalue weighted by Crippen LogP contribution is -2.21. The summed E-state index contributed by atoms with van der Waals surface area (Å²) in [7, 11) is 0. The smallest absolute Gasteiger partial charge is 0.347 e. The van der Waals surface area contributed by atoms with Crippen molar-refractivity contribution >= 4 is 34.5 Å². The second-order valence-electron chi connectivity index (χ2n) is 6.45. The first-order valence-electron chi connectivity index (χ1n) is 9.29. The van der Waals surface area contributed by atoms with E-state index < -0.39 is 17.4 Å². The highest BCUT2D eigenvalue weighted by atomic mass is 16.4. The molecule has 0 bridgehead atoms. The molecule has 148 valence electrons. The van der Waals surface area contributed by atoms with Gasteiger partial charge in [0.2, 0.25) is 0 Å². The minimum atomic E-state index is -1.27. The van der Waals surface area contributed by atoms with Crippen molar-refractivity contribution in [2.75, 3.05) is 18.0 Å². The van der Waals surface area contributed by atoms with E-state index >= 15 is 0 Å². The van der Waals surface area contributed by atoms with Gasteiger partial charge in [0, 0.05) is 30.2 Å². The summed E-state index contributed by atoms with van der Waals surface area (Å²) in [5.74, 6) is -1.76. The number of nitrogens with zero attached hydrogens (tertiary/aromatic N) is 1. The standard InChI is InChI=1S/C23H21NO5/c1-3-24(4-2)18-11-10-17-13-19(23(28)29-21(17)14-18)20(25)12-7-15-5-8-16(9-6-15)22(26)27/h5-14H,3-4H2,1-2H3,(H,26,27)/p-1/b12-7+. The fourth-order valence-corrected chi connectivity index (χ4v) is 3.05. The summed E-state index contributed by atoms with van der Waals surface area (Å²) in [6, 6.07) is 12.9. The minimum Gasteiger partial charge on any atom is -0.545 e. The lowest BCUT2D eigenvalue weighted by atomic mass is 10.1. The molecule has 6 nitrogen and oxygen atoms in total. The quantitative estimate of drug-likeness (QED) is 0.350. The van der Waals surface area contributed by atoms with E-state index in [-0.39, 0.29) is 11.1 Å². The van der Waals surface area contributed by atoms with E-state index in [4.69, 9.17) is 4.42 Å². The molecule has 0 aliphatic rings. The lowest BCUT2D eigenvalue weighted by Gasteiger charge is -2.20. The summed E-state index contributed by atoms with van der Waals surface area (Å²) in [5, 5.41) is 11.4. The van der Waals surface area contributed by atoms with Crippen LogP contribution in [0, 0.1) is 0 Å². The van der Waals surface area contributed by atoms with E-state index in [9.17, 15) is 19.5 Å². The predicted octanol–water partition coefficient (Wildman–Crippen LogP) is 2.90. The van der Waals surface area contributed by atoms with Crippen molar-refractivity contribution in [2.24, 2.45) is 0 Å². The molecule has 0 radical (unpaired) electrons. The highest BCUT2D eigenvalue weighted by Crippen LogP contribution is 2.22. The number of carboxylic acids is 1. The normalized spacial score (nSPS) is 11.1. The predicted molar refractivity (Wildman–Crippen MR) is 110 cm³/mol. The second kappa shape index (κ2) is 8.56. The zero-order valence-electron chi connectivity index (χ0n) is 16.2. The van der Waals surface area contributed by atoms with Crippen LogP contribution in [0.1, 0.15) is 40.1 Å². The Bertz CT molecular complexity index is 1140. The van der Waals surface area contributed by atoms with Gasteiger partial charge in [0.1, 0.15) is 11.1 Å². The van der Waals surface area contributed by atoms with Crippen molar-refractivity contribution in [2.45, 2.75) is 13.8 Å². The summed E-state index contributed by atoms with van der Waals surface area (Å²) < 4.78 is 5.38. The van der Waals surface area contributed by atoms with Gasteiger partial charge in [-0.1, -0.05) is 30.3 Å². The molecule has 3 aromatic rings. The van der Waals surface area contributed by atoms with Crippen LogP contribution in [0.25, 0.3) is 17.0 Å². The Hall–Kier alpha value is -3.67. The molecule has 0 fully saturated rings. The van der Waals surface area contributed by atoms with Crippen molar-refractivity contribution in [3.8, 4) is 0 Å². The molecule has 1 heterocycles. The average Bonchev–Trinajstić information content (AvgIpc) is 2.72. The Morgan fingerprint density at radius 1 is 1.03 bits per heavy atom. The molecule has 2 aromatic carbocycles. The van der Waals surface area contributed by atoms with Crippen LogP contribution < -0.4 is 15.6 Å². The van der Waals surface area contributed by atoms with Crippen molar-refractivity contribution < 1.29 is 19.1 Å². The van der Waals surface area contributed by atoms with Gasteiger partial charge in [0.05, 0.1) is 5.97 Å². The zero-order chi connectivity index (χ0) is 21.0. The minimum absolute atomic E-state index is 0.0488. The van der Waals surface area contributed by atoms with Crippen LogP contribution in [0.3, 0.4) is 0 Å². The molecule has 0 aliphatic carbocycles. The van der Waals surface area contributed by atoms with Crippen LogP contribution in [-0.4, -0.2) is 24.8 Å². The van der Waals surface area contributed by atoms with Crippen molar-refractivity contribution in [3.63, 3.8) is 0 Å². The molecule has 0 atom stereocenters.